The fourth-order valence-corrected chi connectivity index (χ4v) is 3.77. The summed E-state index contributed by atoms with van der Waals surface area (Å²) < 4.78 is 65.8. The molecule has 3 aromatic rings. The SMILES string of the molecule is O=C(Nc1cccc(S(=O)(=O)Nc2cccc(C(F)(F)F)c2)c1)c1cccc([N+](=O)[O-])c1. The molecule has 3 aromatic carbocycles. The van der Waals surface area contributed by atoms with Crippen molar-refractivity contribution in [2.75, 3.05) is 10.0 Å². The number of nitro groups is 1. The summed E-state index contributed by atoms with van der Waals surface area (Å²) in [6.07, 6.45) is -4.64. The number of rotatable bonds is 6. The van der Waals surface area contributed by atoms with Gasteiger partial charge in [-0.25, -0.2) is 8.42 Å². The van der Waals surface area contributed by atoms with Crippen LogP contribution in [0.2, 0.25) is 0 Å². The topological polar surface area (TPSA) is 118 Å². The molecule has 8 nitrogen and oxygen atoms in total. The van der Waals surface area contributed by atoms with Crippen molar-refractivity contribution in [2.24, 2.45) is 0 Å². The van der Waals surface area contributed by atoms with E-state index in [-0.39, 0.29) is 27.5 Å². The third-order valence-electron chi connectivity index (χ3n) is 4.16. The quantitative estimate of drug-likeness (QED) is 0.405. The van der Waals surface area contributed by atoms with Gasteiger partial charge in [0.25, 0.3) is 21.6 Å². The number of amides is 1. The fraction of sp³-hybridized carbons (Fsp3) is 0.0500. The number of hydrogen-bond donors (Lipinski definition) is 2. The Morgan fingerprint density at radius 3 is 2.25 bits per heavy atom. The number of alkyl halides is 3. The normalized spacial score (nSPS) is 11.6. The molecule has 3 rings (SSSR count). The van der Waals surface area contributed by atoms with E-state index in [4.69, 9.17) is 0 Å². The van der Waals surface area contributed by atoms with Gasteiger partial charge in [-0.05, 0) is 42.5 Å². The van der Waals surface area contributed by atoms with Crippen molar-refractivity contribution in [3.05, 3.63) is 94.0 Å². The van der Waals surface area contributed by atoms with Crippen molar-refractivity contribution in [1.29, 1.82) is 0 Å². The van der Waals surface area contributed by atoms with Gasteiger partial charge in [0.05, 0.1) is 15.4 Å². The molecule has 2 N–H and O–H groups in total. The van der Waals surface area contributed by atoms with Crippen molar-refractivity contribution < 1.29 is 31.3 Å². The largest absolute Gasteiger partial charge is 0.416 e. The van der Waals surface area contributed by atoms with Crippen LogP contribution in [-0.2, 0) is 16.2 Å². The molecule has 0 saturated carbocycles. The first-order valence-corrected chi connectivity index (χ1v) is 10.3. The first kappa shape index (κ1) is 22.7. The number of halogens is 3. The number of nitrogens with one attached hydrogen (secondary N) is 2. The third-order valence-corrected chi connectivity index (χ3v) is 5.54. The lowest BCUT2D eigenvalue weighted by atomic mass is 10.2. The number of benzene rings is 3. The molecule has 0 atom stereocenters. The van der Waals surface area contributed by atoms with E-state index in [1.807, 2.05) is 0 Å². The van der Waals surface area contributed by atoms with Crippen LogP contribution in [0.3, 0.4) is 0 Å². The molecule has 1 amide bonds. The lowest BCUT2D eigenvalue weighted by Gasteiger charge is -2.12. The minimum absolute atomic E-state index is 0.0189. The zero-order valence-electron chi connectivity index (χ0n) is 16.0. The summed E-state index contributed by atoms with van der Waals surface area (Å²) >= 11 is 0. The number of carbonyl (C=O) groups is 1. The Bertz CT molecular complexity index is 1290. The summed E-state index contributed by atoms with van der Waals surface area (Å²) in [6, 6.07) is 13.6. The van der Waals surface area contributed by atoms with Gasteiger partial charge < -0.3 is 5.32 Å². The standard InChI is InChI=1S/C20H14F3N3O5S/c21-20(22,23)14-5-2-7-16(11-14)25-32(30,31)18-9-3-6-15(12-18)24-19(27)13-4-1-8-17(10-13)26(28)29/h1-12,25H,(H,24,27). The van der Waals surface area contributed by atoms with E-state index in [0.29, 0.717) is 6.07 Å². The average molecular weight is 465 g/mol. The van der Waals surface area contributed by atoms with Crippen LogP contribution in [0, 0.1) is 10.1 Å². The highest BCUT2D eigenvalue weighted by Crippen LogP contribution is 2.31. The number of anilines is 2. The van der Waals surface area contributed by atoms with E-state index in [2.05, 4.69) is 10.0 Å². The van der Waals surface area contributed by atoms with Crippen LogP contribution in [0.15, 0.2) is 77.7 Å². The summed E-state index contributed by atoms with van der Waals surface area (Å²) in [7, 11) is -4.27. The van der Waals surface area contributed by atoms with Crippen molar-refractivity contribution in [1.82, 2.24) is 0 Å². The Hall–Kier alpha value is -3.93. The van der Waals surface area contributed by atoms with Gasteiger partial charge in [-0.15, -0.1) is 0 Å². The molecule has 0 aliphatic carbocycles. The van der Waals surface area contributed by atoms with Gasteiger partial charge in [-0.3, -0.25) is 19.6 Å². The third kappa shape index (κ3) is 5.40. The predicted molar refractivity (Wildman–Crippen MR) is 110 cm³/mol. The van der Waals surface area contributed by atoms with E-state index in [9.17, 15) is 36.5 Å². The van der Waals surface area contributed by atoms with Crippen LogP contribution in [0.25, 0.3) is 0 Å². The van der Waals surface area contributed by atoms with Gasteiger partial charge in [-0.2, -0.15) is 13.2 Å². The van der Waals surface area contributed by atoms with Gasteiger partial charge >= 0.3 is 6.18 Å². The highest BCUT2D eigenvalue weighted by molar-refractivity contribution is 7.92. The Labute approximate surface area is 179 Å². The van der Waals surface area contributed by atoms with Gasteiger partial charge in [0.1, 0.15) is 0 Å². The monoisotopic (exact) mass is 465 g/mol. The number of sulfonamides is 1. The zero-order chi connectivity index (χ0) is 23.5. The molecule has 0 fully saturated rings. The van der Waals surface area contributed by atoms with Crippen LogP contribution in [0.1, 0.15) is 15.9 Å². The second-order valence-corrected chi connectivity index (χ2v) is 8.16. The molecule has 0 aliphatic rings. The molecule has 0 aliphatic heterocycles. The van der Waals surface area contributed by atoms with E-state index in [1.165, 1.54) is 42.5 Å². The molecule has 0 bridgehead atoms. The van der Waals surface area contributed by atoms with Crippen molar-refractivity contribution in [3.63, 3.8) is 0 Å². The van der Waals surface area contributed by atoms with Gasteiger partial charge in [-0.1, -0.05) is 18.2 Å². The average Bonchev–Trinajstić information content (AvgIpc) is 2.73. The number of hydrogen-bond acceptors (Lipinski definition) is 5. The minimum Gasteiger partial charge on any atom is -0.322 e. The summed E-state index contributed by atoms with van der Waals surface area (Å²) in [6.45, 7) is 0. The molecule has 166 valence electrons. The molecule has 0 unspecified atom stereocenters. The molecule has 12 heteroatoms. The lowest BCUT2D eigenvalue weighted by molar-refractivity contribution is -0.384. The van der Waals surface area contributed by atoms with Crippen molar-refractivity contribution in [2.45, 2.75) is 11.1 Å². The molecule has 0 heterocycles. The maximum absolute atomic E-state index is 12.9. The molecule has 0 aromatic heterocycles. The second-order valence-electron chi connectivity index (χ2n) is 6.47. The number of carbonyl (C=O) groups excluding carboxylic acids is 1. The van der Waals surface area contributed by atoms with E-state index in [0.717, 1.165) is 24.3 Å². The summed E-state index contributed by atoms with van der Waals surface area (Å²) in [5.74, 6) is -0.714. The Morgan fingerprint density at radius 1 is 0.906 bits per heavy atom. The highest BCUT2D eigenvalue weighted by atomic mass is 32.2. The molecule has 0 spiro atoms. The van der Waals surface area contributed by atoms with Gasteiger partial charge in [0.15, 0.2) is 0 Å². The molecular formula is C20H14F3N3O5S. The molecular weight excluding hydrogens is 451 g/mol. The Balaban J connectivity index is 1.81. The van der Waals surface area contributed by atoms with Crippen LogP contribution in [0.4, 0.5) is 30.2 Å². The van der Waals surface area contributed by atoms with E-state index in [1.54, 1.807) is 0 Å². The molecule has 32 heavy (non-hydrogen) atoms. The summed E-state index contributed by atoms with van der Waals surface area (Å²) in [4.78, 5) is 22.2. The minimum atomic E-state index is -4.64. The second kappa shape index (κ2) is 8.67. The van der Waals surface area contributed by atoms with Crippen LogP contribution in [-0.4, -0.2) is 19.2 Å². The van der Waals surface area contributed by atoms with Crippen molar-refractivity contribution >= 4 is 33.0 Å². The maximum Gasteiger partial charge on any atom is 0.416 e. The Morgan fingerprint density at radius 2 is 1.56 bits per heavy atom. The van der Waals surface area contributed by atoms with Gasteiger partial charge in [0.2, 0.25) is 0 Å². The van der Waals surface area contributed by atoms with Gasteiger partial charge in [0, 0.05) is 29.1 Å². The van der Waals surface area contributed by atoms with E-state index >= 15 is 0 Å². The fourth-order valence-electron chi connectivity index (χ4n) is 2.68. The predicted octanol–water partition coefficient (Wildman–Crippen LogP) is 4.67. The van der Waals surface area contributed by atoms with Crippen LogP contribution < -0.4 is 10.0 Å². The van der Waals surface area contributed by atoms with E-state index < -0.39 is 32.6 Å². The molecule has 0 saturated heterocycles. The number of nitro benzene ring substituents is 1. The lowest BCUT2D eigenvalue weighted by Crippen LogP contribution is -2.15. The smallest absolute Gasteiger partial charge is 0.322 e. The number of nitrogens with zero attached hydrogens (tertiary/aromatic N) is 1. The number of non-ortho nitro benzene ring substituents is 1. The first-order chi connectivity index (χ1) is 15.0. The molecule has 0 radical (unpaired) electrons. The first-order valence-electron chi connectivity index (χ1n) is 8.82. The van der Waals surface area contributed by atoms with Crippen LogP contribution >= 0.6 is 0 Å². The zero-order valence-corrected chi connectivity index (χ0v) is 16.8. The highest BCUT2D eigenvalue weighted by Gasteiger charge is 2.30. The Kier molecular flexibility index (Phi) is 6.16. The summed E-state index contributed by atoms with van der Waals surface area (Å²) in [5.41, 5.74) is -1.55. The van der Waals surface area contributed by atoms with Crippen molar-refractivity contribution in [3.8, 4) is 0 Å². The summed E-state index contributed by atoms with van der Waals surface area (Å²) in [5, 5.41) is 13.3. The maximum atomic E-state index is 12.9. The van der Waals surface area contributed by atoms with Crippen LogP contribution in [0.5, 0.6) is 0 Å².